The molecule has 0 unspecified atom stereocenters. The number of nitrogens with one attached hydrogen (secondary N) is 1. The molecule has 0 atom stereocenters. The van der Waals surface area contributed by atoms with Crippen LogP contribution in [0.1, 0.15) is 15.6 Å². The number of hydrogen-bond acceptors (Lipinski definition) is 4. The van der Waals surface area contributed by atoms with E-state index in [4.69, 9.17) is 16.0 Å². The van der Waals surface area contributed by atoms with E-state index in [1.54, 1.807) is 25.3 Å². The number of carbonyl (C=O) groups is 1. The minimum atomic E-state index is -0.170. The van der Waals surface area contributed by atoms with Gasteiger partial charge in [0.25, 0.3) is 5.91 Å². The van der Waals surface area contributed by atoms with Gasteiger partial charge in [0.1, 0.15) is 12.0 Å². The summed E-state index contributed by atoms with van der Waals surface area (Å²) < 4.78 is 5.78. The van der Waals surface area contributed by atoms with Gasteiger partial charge in [0.15, 0.2) is 5.89 Å². The lowest BCUT2D eigenvalue weighted by Crippen LogP contribution is -2.09. The number of aryl methyl sites for hydroxylation is 1. The number of halogens is 1. The molecule has 4 nitrogen and oxygen atoms in total. The number of carbonyl (C=O) groups excluding carboxylic acids is 1. The van der Waals surface area contributed by atoms with E-state index in [0.717, 1.165) is 11.3 Å². The molecule has 2 heterocycles. The summed E-state index contributed by atoms with van der Waals surface area (Å²) in [6.07, 6.45) is 1.61. The molecule has 1 N–H and O–H groups in total. The maximum atomic E-state index is 12.0. The maximum Gasteiger partial charge on any atom is 0.265 e. The Hall–Kier alpha value is -2.11. The molecule has 3 aromatic rings. The van der Waals surface area contributed by atoms with E-state index < -0.39 is 0 Å². The number of anilines is 1. The molecule has 0 fully saturated rings. The van der Waals surface area contributed by atoms with Gasteiger partial charge in [0.05, 0.1) is 9.21 Å². The average molecular weight is 319 g/mol. The van der Waals surface area contributed by atoms with Crippen molar-refractivity contribution in [3.63, 3.8) is 0 Å². The predicted molar refractivity (Wildman–Crippen MR) is 84.0 cm³/mol. The molecule has 6 heteroatoms. The maximum absolute atomic E-state index is 12.0. The highest BCUT2D eigenvalue weighted by Crippen LogP contribution is 2.24. The zero-order chi connectivity index (χ0) is 14.8. The Bertz CT molecular complexity index is 777. The van der Waals surface area contributed by atoms with Gasteiger partial charge in [-0.05, 0) is 24.3 Å². The summed E-state index contributed by atoms with van der Waals surface area (Å²) in [5.41, 5.74) is 2.42. The van der Waals surface area contributed by atoms with Crippen molar-refractivity contribution >= 4 is 34.5 Å². The standard InChI is InChI=1S/C15H11ClN2O2S/c1-9-17-12(8-20-9)10-2-4-11(5-3-10)18-15(19)13-6-7-14(16)21-13/h2-8H,1H3,(H,18,19). The van der Waals surface area contributed by atoms with Gasteiger partial charge < -0.3 is 9.73 Å². The van der Waals surface area contributed by atoms with Gasteiger partial charge in [-0.25, -0.2) is 4.98 Å². The minimum absolute atomic E-state index is 0.170. The lowest BCUT2D eigenvalue weighted by molar-refractivity contribution is 0.103. The summed E-state index contributed by atoms with van der Waals surface area (Å²) in [5, 5.41) is 2.82. The summed E-state index contributed by atoms with van der Waals surface area (Å²) >= 11 is 7.07. The monoisotopic (exact) mass is 318 g/mol. The second-order valence-corrected chi connectivity index (χ2v) is 6.10. The molecule has 1 amide bonds. The van der Waals surface area contributed by atoms with Crippen LogP contribution in [-0.2, 0) is 0 Å². The fourth-order valence-corrected chi connectivity index (χ4v) is 2.79. The Labute approximate surface area is 130 Å². The van der Waals surface area contributed by atoms with Crippen molar-refractivity contribution in [3.05, 3.63) is 57.8 Å². The molecule has 0 bridgehead atoms. The van der Waals surface area contributed by atoms with Gasteiger partial charge in [-0.1, -0.05) is 23.7 Å². The fraction of sp³-hybridized carbons (Fsp3) is 0.0667. The van der Waals surface area contributed by atoms with Gasteiger partial charge in [-0.3, -0.25) is 4.79 Å². The zero-order valence-corrected chi connectivity index (χ0v) is 12.7. The fourth-order valence-electron chi connectivity index (χ4n) is 1.85. The highest BCUT2D eigenvalue weighted by Gasteiger charge is 2.09. The van der Waals surface area contributed by atoms with Gasteiger partial charge in [-0.15, -0.1) is 11.3 Å². The third-order valence-corrected chi connectivity index (χ3v) is 4.08. The second-order valence-electron chi connectivity index (χ2n) is 4.39. The number of amides is 1. The Morgan fingerprint density at radius 1 is 1.24 bits per heavy atom. The number of hydrogen-bond donors (Lipinski definition) is 1. The van der Waals surface area contributed by atoms with E-state index in [9.17, 15) is 4.79 Å². The number of benzene rings is 1. The van der Waals surface area contributed by atoms with Crippen LogP contribution in [0.5, 0.6) is 0 Å². The smallest absolute Gasteiger partial charge is 0.265 e. The Morgan fingerprint density at radius 3 is 2.57 bits per heavy atom. The lowest BCUT2D eigenvalue weighted by Gasteiger charge is -2.04. The molecule has 0 saturated heterocycles. The Morgan fingerprint density at radius 2 is 2.00 bits per heavy atom. The Kier molecular flexibility index (Phi) is 3.77. The van der Waals surface area contributed by atoms with Gasteiger partial charge in [0, 0.05) is 18.2 Å². The normalized spacial score (nSPS) is 10.6. The molecule has 1 aromatic carbocycles. The molecule has 2 aromatic heterocycles. The number of aromatic nitrogens is 1. The summed E-state index contributed by atoms with van der Waals surface area (Å²) in [7, 11) is 0. The molecule has 0 saturated carbocycles. The summed E-state index contributed by atoms with van der Waals surface area (Å²) in [6, 6.07) is 10.8. The number of nitrogens with zero attached hydrogens (tertiary/aromatic N) is 1. The highest BCUT2D eigenvalue weighted by molar-refractivity contribution is 7.18. The quantitative estimate of drug-likeness (QED) is 0.766. The van der Waals surface area contributed by atoms with Crippen LogP contribution < -0.4 is 5.32 Å². The van der Waals surface area contributed by atoms with Crippen LogP contribution in [0.3, 0.4) is 0 Å². The lowest BCUT2D eigenvalue weighted by atomic mass is 10.1. The first kappa shape index (κ1) is 13.9. The molecule has 0 aliphatic rings. The number of thiophene rings is 1. The van der Waals surface area contributed by atoms with Crippen LogP contribution in [0.4, 0.5) is 5.69 Å². The number of rotatable bonds is 3. The van der Waals surface area contributed by atoms with E-state index in [1.165, 1.54) is 11.3 Å². The van der Waals surface area contributed by atoms with Gasteiger partial charge >= 0.3 is 0 Å². The molecule has 0 spiro atoms. The first-order valence-electron chi connectivity index (χ1n) is 6.21. The second kappa shape index (κ2) is 5.71. The van der Waals surface area contributed by atoms with Crippen molar-refractivity contribution in [1.82, 2.24) is 4.98 Å². The average Bonchev–Trinajstić information content (AvgIpc) is 3.08. The first-order chi connectivity index (χ1) is 10.1. The molecular weight excluding hydrogens is 308 g/mol. The van der Waals surface area contributed by atoms with Crippen LogP contribution in [0.15, 0.2) is 47.1 Å². The van der Waals surface area contributed by atoms with Gasteiger partial charge in [0.2, 0.25) is 0 Å². The summed E-state index contributed by atoms with van der Waals surface area (Å²) in [5.74, 6) is 0.453. The van der Waals surface area contributed by atoms with Crippen molar-refractivity contribution in [1.29, 1.82) is 0 Å². The molecule has 21 heavy (non-hydrogen) atoms. The highest BCUT2D eigenvalue weighted by atomic mass is 35.5. The third kappa shape index (κ3) is 3.15. The number of oxazole rings is 1. The van der Waals surface area contributed by atoms with E-state index in [0.29, 0.717) is 20.8 Å². The molecule has 106 valence electrons. The van der Waals surface area contributed by atoms with Crippen molar-refractivity contribution in [2.24, 2.45) is 0 Å². The largest absolute Gasteiger partial charge is 0.449 e. The van der Waals surface area contributed by atoms with E-state index in [2.05, 4.69) is 10.3 Å². The van der Waals surface area contributed by atoms with Crippen LogP contribution in [-0.4, -0.2) is 10.9 Å². The zero-order valence-electron chi connectivity index (χ0n) is 11.1. The van der Waals surface area contributed by atoms with Crippen LogP contribution in [0.25, 0.3) is 11.3 Å². The molecule has 0 aliphatic carbocycles. The van der Waals surface area contributed by atoms with Crippen molar-refractivity contribution in [3.8, 4) is 11.3 Å². The third-order valence-electron chi connectivity index (χ3n) is 2.85. The SMILES string of the molecule is Cc1nc(-c2ccc(NC(=O)c3ccc(Cl)s3)cc2)co1. The van der Waals surface area contributed by atoms with Crippen molar-refractivity contribution < 1.29 is 9.21 Å². The summed E-state index contributed by atoms with van der Waals surface area (Å²) in [4.78, 5) is 16.8. The van der Waals surface area contributed by atoms with E-state index in [1.807, 2.05) is 24.3 Å². The predicted octanol–water partition coefficient (Wildman–Crippen LogP) is 4.62. The Balaban J connectivity index is 1.74. The van der Waals surface area contributed by atoms with E-state index >= 15 is 0 Å². The van der Waals surface area contributed by atoms with Crippen LogP contribution in [0, 0.1) is 6.92 Å². The van der Waals surface area contributed by atoms with Crippen LogP contribution >= 0.6 is 22.9 Å². The summed E-state index contributed by atoms with van der Waals surface area (Å²) in [6.45, 7) is 1.80. The van der Waals surface area contributed by atoms with Gasteiger partial charge in [-0.2, -0.15) is 0 Å². The topological polar surface area (TPSA) is 55.1 Å². The molecule has 0 radical (unpaired) electrons. The molecular formula is C15H11ClN2O2S. The first-order valence-corrected chi connectivity index (χ1v) is 7.40. The van der Waals surface area contributed by atoms with E-state index in [-0.39, 0.29) is 5.91 Å². The van der Waals surface area contributed by atoms with Crippen molar-refractivity contribution in [2.75, 3.05) is 5.32 Å². The minimum Gasteiger partial charge on any atom is -0.449 e. The molecule has 3 rings (SSSR count). The molecule has 0 aliphatic heterocycles. The van der Waals surface area contributed by atoms with Crippen LogP contribution in [0.2, 0.25) is 4.34 Å². The van der Waals surface area contributed by atoms with Crippen molar-refractivity contribution in [2.45, 2.75) is 6.92 Å².